The number of urea groups is 1. The third kappa shape index (κ3) is 1.25. The summed E-state index contributed by atoms with van der Waals surface area (Å²) in [5.41, 5.74) is 7.42. The maximum absolute atomic E-state index is 11.4. The molecule has 2 amide bonds. The van der Waals surface area contributed by atoms with Crippen molar-refractivity contribution in [3.8, 4) is 0 Å². The number of nitrogens with zero attached hydrogens (tertiary/aromatic N) is 2. The van der Waals surface area contributed by atoms with Crippen LogP contribution < -0.4 is 16.0 Å². The number of primary amides is 1. The van der Waals surface area contributed by atoms with Crippen LogP contribution in [0, 0.1) is 0 Å². The molecular weight excluding hydrogens is 204 g/mol. The highest BCUT2D eigenvalue weighted by molar-refractivity contribution is 5.95. The van der Waals surface area contributed by atoms with Crippen LogP contribution in [0.5, 0.6) is 0 Å². The summed E-state index contributed by atoms with van der Waals surface area (Å²) in [5.74, 6) is 0.580. The van der Waals surface area contributed by atoms with Gasteiger partial charge in [0.2, 0.25) is 0 Å². The molecule has 0 saturated heterocycles. The molecule has 1 aromatic rings. The Balaban J connectivity index is 2.12. The van der Waals surface area contributed by atoms with Crippen molar-refractivity contribution in [3.63, 3.8) is 0 Å². The van der Waals surface area contributed by atoms with E-state index in [9.17, 15) is 4.79 Å². The van der Waals surface area contributed by atoms with Crippen molar-refractivity contribution in [2.75, 3.05) is 10.2 Å². The molecule has 1 aliphatic heterocycles. The molecule has 1 saturated carbocycles. The van der Waals surface area contributed by atoms with E-state index in [0.717, 1.165) is 18.5 Å². The quantitative estimate of drug-likeness (QED) is 0.689. The number of nitrogens with two attached hydrogens (primary N) is 1. The second-order valence-electron chi connectivity index (χ2n) is 4.02. The summed E-state index contributed by atoms with van der Waals surface area (Å²) in [7, 11) is 0. The van der Waals surface area contributed by atoms with E-state index < -0.39 is 6.03 Å². The SMILES string of the molecule is NC(=O)N1C=C2CCC2Nc2cccnc21. The van der Waals surface area contributed by atoms with Gasteiger partial charge in [0.05, 0.1) is 5.69 Å². The van der Waals surface area contributed by atoms with Gasteiger partial charge in [0.1, 0.15) is 0 Å². The number of anilines is 2. The Morgan fingerprint density at radius 3 is 3.19 bits per heavy atom. The summed E-state index contributed by atoms with van der Waals surface area (Å²) >= 11 is 0. The molecule has 1 aromatic heterocycles. The molecule has 5 nitrogen and oxygen atoms in total. The Kier molecular flexibility index (Phi) is 1.86. The van der Waals surface area contributed by atoms with Gasteiger partial charge >= 0.3 is 6.03 Å². The van der Waals surface area contributed by atoms with Gasteiger partial charge in [-0.2, -0.15) is 0 Å². The molecule has 0 aromatic carbocycles. The molecule has 1 fully saturated rings. The van der Waals surface area contributed by atoms with E-state index in [1.54, 1.807) is 6.20 Å². The lowest BCUT2D eigenvalue weighted by molar-refractivity contribution is 0.255. The summed E-state index contributed by atoms with van der Waals surface area (Å²) in [5, 5.41) is 3.36. The molecule has 0 bridgehead atoms. The summed E-state index contributed by atoms with van der Waals surface area (Å²) in [6.45, 7) is 0. The maximum atomic E-state index is 11.4. The fourth-order valence-electron chi connectivity index (χ4n) is 2.06. The van der Waals surface area contributed by atoms with Crippen molar-refractivity contribution in [3.05, 3.63) is 30.1 Å². The number of fused-ring (bicyclic) bond motifs is 2. The molecule has 3 rings (SSSR count). The van der Waals surface area contributed by atoms with Crippen LogP contribution in [-0.2, 0) is 0 Å². The van der Waals surface area contributed by atoms with Crippen LogP contribution >= 0.6 is 0 Å². The maximum Gasteiger partial charge on any atom is 0.324 e. The van der Waals surface area contributed by atoms with Crippen molar-refractivity contribution in [2.24, 2.45) is 5.73 Å². The van der Waals surface area contributed by atoms with Gasteiger partial charge in [0.15, 0.2) is 5.82 Å². The Labute approximate surface area is 93.0 Å². The average molecular weight is 216 g/mol. The van der Waals surface area contributed by atoms with Gasteiger partial charge in [-0.15, -0.1) is 0 Å². The van der Waals surface area contributed by atoms with Gasteiger partial charge in [-0.1, -0.05) is 0 Å². The van der Waals surface area contributed by atoms with Crippen LogP contribution in [0.2, 0.25) is 0 Å². The smallest absolute Gasteiger partial charge is 0.324 e. The Morgan fingerprint density at radius 1 is 1.62 bits per heavy atom. The van der Waals surface area contributed by atoms with Crippen LogP contribution in [0.15, 0.2) is 30.1 Å². The first-order chi connectivity index (χ1) is 7.75. The molecule has 16 heavy (non-hydrogen) atoms. The summed E-state index contributed by atoms with van der Waals surface area (Å²) in [4.78, 5) is 17.0. The zero-order valence-electron chi connectivity index (χ0n) is 8.68. The lowest BCUT2D eigenvalue weighted by Crippen LogP contribution is -2.33. The zero-order valence-corrected chi connectivity index (χ0v) is 8.68. The summed E-state index contributed by atoms with van der Waals surface area (Å²) in [6.07, 6.45) is 5.56. The Morgan fingerprint density at radius 2 is 2.50 bits per heavy atom. The highest BCUT2D eigenvalue weighted by Crippen LogP contribution is 2.36. The van der Waals surface area contributed by atoms with Crippen molar-refractivity contribution >= 4 is 17.5 Å². The van der Waals surface area contributed by atoms with E-state index in [4.69, 9.17) is 5.73 Å². The van der Waals surface area contributed by atoms with Gasteiger partial charge in [-0.05, 0) is 30.5 Å². The minimum absolute atomic E-state index is 0.326. The molecule has 0 spiro atoms. The van der Waals surface area contributed by atoms with Gasteiger partial charge in [0.25, 0.3) is 0 Å². The van der Waals surface area contributed by atoms with Crippen molar-refractivity contribution in [1.29, 1.82) is 0 Å². The molecular formula is C11H12N4O. The summed E-state index contributed by atoms with van der Waals surface area (Å²) in [6, 6.07) is 3.58. The highest BCUT2D eigenvalue weighted by Gasteiger charge is 2.30. The molecule has 5 heteroatoms. The third-order valence-corrected chi connectivity index (χ3v) is 3.05. The molecule has 3 N–H and O–H groups in total. The second kappa shape index (κ2) is 3.23. The first kappa shape index (κ1) is 9.21. The molecule has 1 unspecified atom stereocenters. The number of pyridine rings is 1. The van der Waals surface area contributed by atoms with Crippen molar-refractivity contribution in [2.45, 2.75) is 18.9 Å². The van der Waals surface area contributed by atoms with Crippen LogP contribution in [0.25, 0.3) is 0 Å². The largest absolute Gasteiger partial charge is 0.375 e. The fraction of sp³-hybridized carbons (Fsp3) is 0.273. The molecule has 1 aliphatic carbocycles. The number of rotatable bonds is 0. The van der Waals surface area contributed by atoms with E-state index in [-0.39, 0.29) is 0 Å². The van der Waals surface area contributed by atoms with Crippen LogP contribution in [0.3, 0.4) is 0 Å². The minimum Gasteiger partial charge on any atom is -0.375 e. The Hall–Kier alpha value is -2.04. The van der Waals surface area contributed by atoms with Gasteiger partial charge in [-0.25, -0.2) is 9.78 Å². The van der Waals surface area contributed by atoms with E-state index in [1.807, 2.05) is 18.3 Å². The topological polar surface area (TPSA) is 71.2 Å². The molecule has 82 valence electrons. The monoisotopic (exact) mass is 216 g/mol. The standard InChI is InChI=1S/C11H12N4O/c12-11(16)15-6-7-3-4-8(7)14-9-2-1-5-13-10(9)15/h1-2,5-6,8,14H,3-4H2,(H2,12,16). The normalized spacial score (nSPS) is 21.9. The molecule has 2 heterocycles. The first-order valence-corrected chi connectivity index (χ1v) is 5.26. The number of carbonyl (C=O) groups excluding carboxylic acids is 1. The van der Waals surface area contributed by atoms with Crippen LogP contribution in [0.1, 0.15) is 12.8 Å². The predicted molar refractivity (Wildman–Crippen MR) is 61.0 cm³/mol. The lowest BCUT2D eigenvalue weighted by Gasteiger charge is -2.29. The number of hydrogen-bond acceptors (Lipinski definition) is 3. The number of carbonyl (C=O) groups is 1. The fourth-order valence-corrected chi connectivity index (χ4v) is 2.06. The van der Waals surface area contributed by atoms with Gasteiger partial charge in [-0.3, -0.25) is 4.90 Å². The average Bonchev–Trinajstić information content (AvgIpc) is 2.35. The zero-order chi connectivity index (χ0) is 11.1. The highest BCUT2D eigenvalue weighted by atomic mass is 16.2. The number of amides is 2. The number of aromatic nitrogens is 1. The van der Waals surface area contributed by atoms with Crippen molar-refractivity contribution < 1.29 is 4.79 Å². The van der Waals surface area contributed by atoms with Crippen LogP contribution in [0.4, 0.5) is 16.3 Å². The van der Waals surface area contributed by atoms with Gasteiger partial charge in [0, 0.05) is 18.4 Å². The van der Waals surface area contributed by atoms with E-state index in [0.29, 0.717) is 11.9 Å². The predicted octanol–water partition coefficient (Wildman–Crippen LogP) is 1.44. The summed E-state index contributed by atoms with van der Waals surface area (Å²) < 4.78 is 0. The molecule has 2 aliphatic rings. The number of nitrogens with one attached hydrogen (secondary N) is 1. The van der Waals surface area contributed by atoms with Crippen LogP contribution in [-0.4, -0.2) is 17.1 Å². The minimum atomic E-state index is -0.498. The second-order valence-corrected chi connectivity index (χ2v) is 4.02. The third-order valence-electron chi connectivity index (χ3n) is 3.05. The molecule has 1 atom stereocenters. The van der Waals surface area contributed by atoms with E-state index >= 15 is 0 Å². The van der Waals surface area contributed by atoms with Crippen molar-refractivity contribution in [1.82, 2.24) is 4.98 Å². The Bertz CT molecular complexity index is 483. The van der Waals surface area contributed by atoms with E-state index in [2.05, 4.69) is 10.3 Å². The molecule has 0 radical (unpaired) electrons. The lowest BCUT2D eigenvalue weighted by atomic mass is 9.87. The van der Waals surface area contributed by atoms with E-state index in [1.165, 1.54) is 10.5 Å². The first-order valence-electron chi connectivity index (χ1n) is 5.26. The van der Waals surface area contributed by atoms with Gasteiger partial charge < -0.3 is 11.1 Å². The number of hydrogen-bond donors (Lipinski definition) is 2.